The number of allylic oxidation sites excluding steroid dienone is 3. The summed E-state index contributed by atoms with van der Waals surface area (Å²) in [7, 11) is 0. The van der Waals surface area contributed by atoms with Gasteiger partial charge < -0.3 is 10.6 Å². The average molecular weight is 300 g/mol. The lowest BCUT2D eigenvalue weighted by atomic mass is 10.1. The monoisotopic (exact) mass is 300 g/mol. The molecular formula is C16H16N2O2S. The molecule has 0 aromatic heterocycles. The van der Waals surface area contributed by atoms with Crippen LogP contribution in [0.3, 0.4) is 0 Å². The van der Waals surface area contributed by atoms with Crippen LogP contribution < -0.4 is 10.6 Å². The highest BCUT2D eigenvalue weighted by molar-refractivity contribution is 8.03. The van der Waals surface area contributed by atoms with Gasteiger partial charge in [0.1, 0.15) is 0 Å². The van der Waals surface area contributed by atoms with Crippen molar-refractivity contribution < 1.29 is 9.59 Å². The highest BCUT2D eigenvalue weighted by atomic mass is 32.2. The lowest BCUT2D eigenvalue weighted by Crippen LogP contribution is -2.29. The maximum Gasteiger partial charge on any atom is 0.251 e. The Morgan fingerprint density at radius 3 is 2.90 bits per heavy atom. The smallest absolute Gasteiger partial charge is 0.251 e. The van der Waals surface area contributed by atoms with E-state index < -0.39 is 0 Å². The van der Waals surface area contributed by atoms with Gasteiger partial charge >= 0.3 is 0 Å². The Kier molecular flexibility index (Phi) is 4.10. The van der Waals surface area contributed by atoms with Gasteiger partial charge in [0.25, 0.3) is 5.91 Å². The second-order valence-electron chi connectivity index (χ2n) is 4.97. The number of nitrogens with one attached hydrogen (secondary N) is 2. The minimum Gasteiger partial charge on any atom is -0.372 e. The van der Waals surface area contributed by atoms with Crippen LogP contribution in [-0.2, 0) is 4.79 Å². The summed E-state index contributed by atoms with van der Waals surface area (Å²) in [5, 5.41) is 6.52. The molecule has 4 nitrogen and oxygen atoms in total. The highest BCUT2D eigenvalue weighted by Crippen LogP contribution is 2.36. The molecule has 108 valence electrons. The zero-order valence-electron chi connectivity index (χ0n) is 11.5. The molecule has 21 heavy (non-hydrogen) atoms. The number of rotatable bonds is 4. The van der Waals surface area contributed by atoms with E-state index in [0.29, 0.717) is 18.5 Å². The van der Waals surface area contributed by atoms with Gasteiger partial charge in [0.15, 0.2) is 5.78 Å². The van der Waals surface area contributed by atoms with Crippen molar-refractivity contribution in [3.63, 3.8) is 0 Å². The van der Waals surface area contributed by atoms with Crippen molar-refractivity contribution in [1.29, 1.82) is 0 Å². The number of benzene rings is 1. The van der Waals surface area contributed by atoms with E-state index in [4.69, 9.17) is 0 Å². The van der Waals surface area contributed by atoms with Crippen LogP contribution in [0.5, 0.6) is 0 Å². The van der Waals surface area contributed by atoms with Gasteiger partial charge in [0.2, 0.25) is 0 Å². The fourth-order valence-corrected chi connectivity index (χ4v) is 3.57. The van der Waals surface area contributed by atoms with Crippen molar-refractivity contribution in [2.45, 2.75) is 18.2 Å². The maximum atomic E-state index is 11.9. The molecule has 1 aliphatic heterocycles. The first-order valence-corrected chi connectivity index (χ1v) is 7.81. The zero-order chi connectivity index (χ0) is 14.7. The van der Waals surface area contributed by atoms with Crippen molar-refractivity contribution in [3.8, 4) is 0 Å². The molecular weight excluding hydrogens is 284 g/mol. The van der Waals surface area contributed by atoms with E-state index in [2.05, 4.69) is 10.6 Å². The molecule has 0 saturated heterocycles. The van der Waals surface area contributed by atoms with E-state index in [0.717, 1.165) is 17.0 Å². The van der Waals surface area contributed by atoms with Crippen LogP contribution in [0.25, 0.3) is 0 Å². The molecule has 1 amide bonds. The predicted octanol–water partition coefficient (Wildman–Crippen LogP) is 2.21. The molecule has 1 aromatic carbocycles. The van der Waals surface area contributed by atoms with Crippen LogP contribution in [0, 0.1) is 0 Å². The lowest BCUT2D eigenvalue weighted by Gasteiger charge is -2.12. The van der Waals surface area contributed by atoms with E-state index in [1.54, 1.807) is 30.0 Å². The molecule has 1 heterocycles. The summed E-state index contributed by atoms with van der Waals surface area (Å²) in [6.45, 7) is 0.608. The molecule has 0 radical (unpaired) electrons. The summed E-state index contributed by atoms with van der Waals surface area (Å²) in [6, 6.07) is 9.19. The number of amides is 1. The van der Waals surface area contributed by atoms with Crippen LogP contribution in [0.4, 0.5) is 0 Å². The number of carbonyl (C=O) groups excluding carboxylic acids is 2. The van der Waals surface area contributed by atoms with Gasteiger partial charge in [0.05, 0.1) is 5.37 Å². The second-order valence-corrected chi connectivity index (χ2v) is 6.27. The van der Waals surface area contributed by atoms with Crippen molar-refractivity contribution in [2.75, 3.05) is 6.54 Å². The first-order valence-electron chi connectivity index (χ1n) is 6.93. The first kappa shape index (κ1) is 13.9. The van der Waals surface area contributed by atoms with E-state index >= 15 is 0 Å². The third kappa shape index (κ3) is 3.36. The van der Waals surface area contributed by atoms with E-state index in [-0.39, 0.29) is 17.1 Å². The Bertz CT molecular complexity index is 622. The SMILES string of the molecule is O=C1C=CC2=C(C1)SC(CCNC(=O)c1ccccc1)N2. The normalized spacial score (nSPS) is 20.2. The zero-order valence-corrected chi connectivity index (χ0v) is 12.3. The van der Waals surface area contributed by atoms with Gasteiger partial charge in [-0.3, -0.25) is 9.59 Å². The lowest BCUT2D eigenvalue weighted by molar-refractivity contribution is -0.114. The molecule has 1 atom stereocenters. The Morgan fingerprint density at radius 2 is 2.10 bits per heavy atom. The van der Waals surface area contributed by atoms with Crippen molar-refractivity contribution >= 4 is 23.5 Å². The van der Waals surface area contributed by atoms with Gasteiger partial charge in [-0.25, -0.2) is 0 Å². The number of carbonyl (C=O) groups is 2. The summed E-state index contributed by atoms with van der Waals surface area (Å²) in [5.74, 6) is 0.104. The summed E-state index contributed by atoms with van der Waals surface area (Å²) in [6.07, 6.45) is 4.78. The topological polar surface area (TPSA) is 58.2 Å². The van der Waals surface area contributed by atoms with Gasteiger partial charge in [-0.2, -0.15) is 0 Å². The van der Waals surface area contributed by atoms with Crippen LogP contribution in [-0.4, -0.2) is 23.6 Å². The molecule has 0 bridgehead atoms. The van der Waals surface area contributed by atoms with Gasteiger partial charge in [0, 0.05) is 29.1 Å². The van der Waals surface area contributed by atoms with Crippen molar-refractivity contribution in [2.24, 2.45) is 0 Å². The van der Waals surface area contributed by atoms with Crippen LogP contribution in [0.15, 0.2) is 53.1 Å². The Morgan fingerprint density at radius 1 is 1.29 bits per heavy atom. The Balaban J connectivity index is 1.45. The second kappa shape index (κ2) is 6.18. The van der Waals surface area contributed by atoms with Gasteiger partial charge in [-0.15, -0.1) is 11.8 Å². The molecule has 0 spiro atoms. The minimum atomic E-state index is -0.0496. The van der Waals surface area contributed by atoms with Gasteiger partial charge in [-0.1, -0.05) is 18.2 Å². The number of hydrogen-bond donors (Lipinski definition) is 2. The molecule has 0 fully saturated rings. The molecule has 3 rings (SSSR count). The summed E-state index contributed by atoms with van der Waals surface area (Å²) < 4.78 is 0. The number of hydrogen-bond acceptors (Lipinski definition) is 4. The first-order chi connectivity index (χ1) is 10.2. The third-order valence-electron chi connectivity index (χ3n) is 3.40. The maximum absolute atomic E-state index is 11.9. The van der Waals surface area contributed by atoms with Crippen molar-refractivity contribution in [3.05, 3.63) is 58.6 Å². The third-order valence-corrected chi connectivity index (χ3v) is 4.69. The summed E-state index contributed by atoms with van der Waals surface area (Å²) in [5.41, 5.74) is 1.73. The minimum absolute atomic E-state index is 0.0496. The fourth-order valence-electron chi connectivity index (χ4n) is 2.33. The van der Waals surface area contributed by atoms with Crippen LogP contribution in [0.1, 0.15) is 23.2 Å². The molecule has 2 N–H and O–H groups in total. The molecule has 1 aromatic rings. The summed E-state index contributed by atoms with van der Waals surface area (Å²) in [4.78, 5) is 24.4. The molecule has 2 aliphatic rings. The predicted molar refractivity (Wildman–Crippen MR) is 83.7 cm³/mol. The standard InChI is InChI=1S/C16H16N2O2S/c19-12-6-7-13-14(10-12)21-15(18-13)8-9-17-16(20)11-4-2-1-3-5-11/h1-7,15,18H,8-10H2,(H,17,20). The molecule has 1 unspecified atom stereocenters. The van der Waals surface area contributed by atoms with E-state index in [1.165, 1.54) is 0 Å². The van der Waals surface area contributed by atoms with E-state index in [1.807, 2.05) is 24.3 Å². The number of thioether (sulfide) groups is 1. The molecule has 5 heteroatoms. The van der Waals surface area contributed by atoms with Crippen molar-refractivity contribution in [1.82, 2.24) is 10.6 Å². The largest absolute Gasteiger partial charge is 0.372 e. The fraction of sp³-hybridized carbons (Fsp3) is 0.250. The Labute approximate surface area is 127 Å². The molecule has 1 aliphatic carbocycles. The number of ketones is 1. The van der Waals surface area contributed by atoms with Crippen LogP contribution in [0.2, 0.25) is 0 Å². The Hall–Kier alpha value is -2.01. The highest BCUT2D eigenvalue weighted by Gasteiger charge is 2.26. The summed E-state index contributed by atoms with van der Waals surface area (Å²) >= 11 is 1.69. The molecule has 0 saturated carbocycles. The average Bonchev–Trinajstić information content (AvgIpc) is 2.89. The van der Waals surface area contributed by atoms with Crippen LogP contribution >= 0.6 is 11.8 Å². The quantitative estimate of drug-likeness (QED) is 0.895. The van der Waals surface area contributed by atoms with E-state index in [9.17, 15) is 9.59 Å². The van der Waals surface area contributed by atoms with Gasteiger partial charge in [-0.05, 0) is 30.7 Å².